The first kappa shape index (κ1) is 20.4. The van der Waals surface area contributed by atoms with Crippen LogP contribution in [0.3, 0.4) is 0 Å². The number of hydrogen-bond acceptors (Lipinski definition) is 6. The molecule has 1 aromatic heterocycles. The van der Waals surface area contributed by atoms with E-state index in [-0.39, 0.29) is 11.7 Å². The van der Waals surface area contributed by atoms with Crippen molar-refractivity contribution in [3.63, 3.8) is 0 Å². The van der Waals surface area contributed by atoms with Gasteiger partial charge in [0.15, 0.2) is 0 Å². The summed E-state index contributed by atoms with van der Waals surface area (Å²) in [6.07, 6.45) is 3.71. The van der Waals surface area contributed by atoms with Gasteiger partial charge in [-0.2, -0.15) is 0 Å². The number of rotatable bonds is 6. The highest BCUT2D eigenvalue weighted by Gasteiger charge is 2.39. The van der Waals surface area contributed by atoms with E-state index in [0.717, 1.165) is 11.3 Å². The zero-order valence-corrected chi connectivity index (χ0v) is 16.6. The summed E-state index contributed by atoms with van der Waals surface area (Å²) in [6.45, 7) is 3.86. The highest BCUT2D eigenvalue weighted by molar-refractivity contribution is 6.29. The van der Waals surface area contributed by atoms with E-state index in [0.29, 0.717) is 11.1 Å². The molecule has 1 aliphatic rings. The van der Waals surface area contributed by atoms with Crippen LogP contribution in [0.2, 0.25) is 0 Å². The Morgan fingerprint density at radius 3 is 2.62 bits per heavy atom. The Labute approximate surface area is 169 Å². The van der Waals surface area contributed by atoms with E-state index in [1.165, 1.54) is 19.5 Å². The number of amides is 2. The molecular weight excluding hydrogens is 370 g/mol. The summed E-state index contributed by atoms with van der Waals surface area (Å²) in [4.78, 5) is 48.0. The highest BCUT2D eigenvalue weighted by Crippen LogP contribution is 2.31. The maximum atomic E-state index is 13.2. The Balaban J connectivity index is 2.04. The van der Waals surface area contributed by atoms with Gasteiger partial charge in [0.05, 0.1) is 13.0 Å². The van der Waals surface area contributed by atoms with Gasteiger partial charge in [0.2, 0.25) is 5.91 Å². The number of benzene rings is 1. The first-order chi connectivity index (χ1) is 14.0. The Bertz CT molecular complexity index is 942. The second-order valence-corrected chi connectivity index (χ2v) is 6.88. The Morgan fingerprint density at radius 1 is 1.24 bits per heavy atom. The minimum absolute atomic E-state index is 0.0545. The number of aromatic nitrogens is 1. The largest absolute Gasteiger partial charge is 0.467 e. The van der Waals surface area contributed by atoms with Crippen molar-refractivity contribution in [2.75, 3.05) is 12.0 Å². The molecule has 0 bridgehead atoms. The molecule has 0 radical (unpaired) electrons. The van der Waals surface area contributed by atoms with E-state index in [2.05, 4.69) is 9.98 Å². The second kappa shape index (κ2) is 8.77. The molecule has 0 spiro atoms. The van der Waals surface area contributed by atoms with E-state index >= 15 is 0 Å². The number of carbonyl (C=O) groups is 3. The van der Waals surface area contributed by atoms with Crippen molar-refractivity contribution >= 4 is 29.8 Å². The Morgan fingerprint density at radius 2 is 1.97 bits per heavy atom. The Hall–Kier alpha value is -3.35. The number of hydrogen-bond donors (Lipinski definition) is 0. The summed E-state index contributed by atoms with van der Waals surface area (Å²) >= 11 is 0. The van der Waals surface area contributed by atoms with Gasteiger partial charge in [0.25, 0.3) is 5.91 Å². The summed E-state index contributed by atoms with van der Waals surface area (Å²) in [5, 5.41) is 0. The predicted octanol–water partition coefficient (Wildman–Crippen LogP) is 3.01. The molecule has 29 heavy (non-hydrogen) atoms. The first-order valence-electron chi connectivity index (χ1n) is 9.49. The van der Waals surface area contributed by atoms with Crippen molar-refractivity contribution < 1.29 is 19.1 Å². The number of ether oxygens (including phenoxy) is 1. The molecule has 7 heteroatoms. The van der Waals surface area contributed by atoms with Crippen molar-refractivity contribution in [3.05, 3.63) is 59.8 Å². The first-order valence-corrected chi connectivity index (χ1v) is 9.49. The summed E-state index contributed by atoms with van der Waals surface area (Å²) in [6, 6.07) is 11.2. The van der Waals surface area contributed by atoms with Gasteiger partial charge in [0, 0.05) is 18.0 Å². The molecule has 1 unspecified atom stereocenters. The minimum atomic E-state index is -0.804. The number of carbonyl (C=O) groups excluding carboxylic acids is 3. The molecule has 1 aliphatic heterocycles. The maximum absolute atomic E-state index is 13.2. The minimum Gasteiger partial charge on any atom is -0.467 e. The molecule has 2 amide bonds. The van der Waals surface area contributed by atoms with E-state index in [1.54, 1.807) is 42.5 Å². The number of aliphatic imine (C=N–C) groups is 1. The number of esters is 1. The molecule has 0 saturated carbocycles. The number of methoxy groups -OCH3 is 1. The second-order valence-electron chi connectivity index (χ2n) is 6.88. The van der Waals surface area contributed by atoms with Crippen LogP contribution in [0.25, 0.3) is 0 Å². The van der Waals surface area contributed by atoms with Crippen LogP contribution in [0.1, 0.15) is 42.1 Å². The van der Waals surface area contributed by atoms with Crippen molar-refractivity contribution in [1.82, 2.24) is 4.98 Å². The van der Waals surface area contributed by atoms with E-state index in [9.17, 15) is 14.4 Å². The molecule has 3 atom stereocenters. The van der Waals surface area contributed by atoms with Crippen LogP contribution in [-0.4, -0.2) is 42.1 Å². The zero-order chi connectivity index (χ0) is 21.0. The van der Waals surface area contributed by atoms with Crippen LogP contribution in [0.5, 0.6) is 0 Å². The fourth-order valence-electron chi connectivity index (χ4n) is 3.27. The van der Waals surface area contributed by atoms with Gasteiger partial charge in [-0.25, -0.2) is 14.7 Å². The van der Waals surface area contributed by atoms with Crippen LogP contribution < -0.4 is 4.90 Å². The van der Waals surface area contributed by atoms with Gasteiger partial charge in [-0.05, 0) is 29.7 Å². The standard InChI is InChI=1S/C22H23N3O4/c1-4-14(2)19(22(28)29-3)24-13-17-15-9-5-6-10-16(15)20(26)25(21(17)27)18-11-7-8-12-23-18/h5-14,17,19H,4H2,1-3H3/t14-,17?,19+/m1/s1. The molecule has 0 N–H and O–H groups in total. The Kier molecular flexibility index (Phi) is 6.16. The van der Waals surface area contributed by atoms with Gasteiger partial charge in [0.1, 0.15) is 11.9 Å². The van der Waals surface area contributed by atoms with Gasteiger partial charge in [-0.3, -0.25) is 14.6 Å². The normalized spacial score (nSPS) is 18.4. The number of imide groups is 1. The molecule has 3 rings (SSSR count). The van der Waals surface area contributed by atoms with Crippen LogP contribution in [0.4, 0.5) is 5.82 Å². The smallest absolute Gasteiger partial charge is 0.330 e. The lowest BCUT2D eigenvalue weighted by Gasteiger charge is -2.30. The van der Waals surface area contributed by atoms with Gasteiger partial charge < -0.3 is 4.74 Å². The molecule has 150 valence electrons. The molecule has 1 aromatic carbocycles. The number of pyridine rings is 1. The third kappa shape index (κ3) is 3.94. The molecule has 0 saturated heterocycles. The van der Waals surface area contributed by atoms with Gasteiger partial charge >= 0.3 is 5.97 Å². The summed E-state index contributed by atoms with van der Waals surface area (Å²) in [5.41, 5.74) is 0.971. The average Bonchev–Trinajstić information content (AvgIpc) is 2.76. The molecule has 2 aromatic rings. The average molecular weight is 393 g/mol. The molecule has 0 fully saturated rings. The van der Waals surface area contributed by atoms with Crippen molar-refractivity contribution in [3.8, 4) is 0 Å². The highest BCUT2D eigenvalue weighted by atomic mass is 16.5. The lowest BCUT2D eigenvalue weighted by molar-refractivity contribution is -0.143. The zero-order valence-electron chi connectivity index (χ0n) is 16.6. The van der Waals surface area contributed by atoms with Crippen molar-refractivity contribution in [1.29, 1.82) is 0 Å². The van der Waals surface area contributed by atoms with Crippen LogP contribution in [0.15, 0.2) is 53.7 Å². The third-order valence-corrected chi connectivity index (χ3v) is 5.12. The van der Waals surface area contributed by atoms with E-state index in [4.69, 9.17) is 4.74 Å². The fraction of sp³-hybridized carbons (Fsp3) is 0.318. The number of fused-ring (bicyclic) bond motifs is 1. The van der Waals surface area contributed by atoms with Crippen molar-refractivity contribution in [2.24, 2.45) is 10.9 Å². The van der Waals surface area contributed by atoms with Crippen LogP contribution >= 0.6 is 0 Å². The SMILES string of the molecule is CC[C@@H](C)[C@H](N=CC1C(=O)N(c2ccccn2)C(=O)c2ccccc21)C(=O)OC. The monoisotopic (exact) mass is 393 g/mol. The quantitative estimate of drug-likeness (QED) is 0.428. The maximum Gasteiger partial charge on any atom is 0.330 e. The predicted molar refractivity (Wildman–Crippen MR) is 109 cm³/mol. The van der Waals surface area contributed by atoms with Gasteiger partial charge in [-0.15, -0.1) is 0 Å². The van der Waals surface area contributed by atoms with Gasteiger partial charge in [-0.1, -0.05) is 44.5 Å². The van der Waals surface area contributed by atoms with Crippen molar-refractivity contribution in [2.45, 2.75) is 32.2 Å². The third-order valence-electron chi connectivity index (χ3n) is 5.12. The van der Waals surface area contributed by atoms with Crippen LogP contribution in [-0.2, 0) is 14.3 Å². The lowest BCUT2D eigenvalue weighted by Crippen LogP contribution is -2.46. The summed E-state index contributed by atoms with van der Waals surface area (Å²) in [5.74, 6) is -1.95. The number of nitrogens with zero attached hydrogens (tertiary/aromatic N) is 3. The lowest BCUT2D eigenvalue weighted by atomic mass is 9.89. The molecule has 2 heterocycles. The topological polar surface area (TPSA) is 88.9 Å². The molecule has 7 nitrogen and oxygen atoms in total. The number of anilines is 1. The fourth-order valence-corrected chi connectivity index (χ4v) is 3.27. The summed E-state index contributed by atoms with van der Waals surface area (Å²) in [7, 11) is 1.32. The van der Waals surface area contributed by atoms with E-state index < -0.39 is 29.7 Å². The van der Waals surface area contributed by atoms with Crippen LogP contribution in [0, 0.1) is 5.92 Å². The van der Waals surface area contributed by atoms with E-state index in [1.807, 2.05) is 13.8 Å². The molecular formula is C22H23N3O4. The molecule has 0 aliphatic carbocycles. The summed E-state index contributed by atoms with van der Waals surface area (Å²) < 4.78 is 4.87.